The van der Waals surface area contributed by atoms with Gasteiger partial charge in [-0.1, -0.05) is 0 Å². The van der Waals surface area contributed by atoms with Crippen molar-refractivity contribution >= 4 is 5.91 Å². The molecular weight excluding hydrogens is 198 g/mol. The number of hydrogen-bond donors (Lipinski definition) is 4. The third kappa shape index (κ3) is 9.61. The van der Waals surface area contributed by atoms with E-state index in [1.807, 2.05) is 4.90 Å². The Morgan fingerprint density at radius 1 is 1.13 bits per heavy atom. The van der Waals surface area contributed by atoms with Crippen LogP contribution in [0.1, 0.15) is 6.42 Å². The average Bonchev–Trinajstić information content (AvgIpc) is 2.17. The van der Waals surface area contributed by atoms with Gasteiger partial charge in [0.2, 0.25) is 5.91 Å². The van der Waals surface area contributed by atoms with Gasteiger partial charge in [0.1, 0.15) is 0 Å². The molecule has 0 bridgehead atoms. The monoisotopic (exact) mass is 219 g/mol. The van der Waals surface area contributed by atoms with Gasteiger partial charge in [0.25, 0.3) is 0 Å². The Morgan fingerprint density at radius 3 is 2.20 bits per heavy atom. The number of primary amides is 1. The number of aliphatic hydroxyl groups excluding tert-OH is 2. The smallest absolute Gasteiger partial charge is 0.218 e. The van der Waals surface area contributed by atoms with Crippen LogP contribution >= 0.6 is 0 Å². The van der Waals surface area contributed by atoms with E-state index in [2.05, 4.69) is 5.32 Å². The van der Waals surface area contributed by atoms with Gasteiger partial charge in [0.15, 0.2) is 0 Å². The van der Waals surface area contributed by atoms with Crippen LogP contribution in [0.15, 0.2) is 0 Å². The molecular formula is C9H21N3O3. The van der Waals surface area contributed by atoms with Gasteiger partial charge in [0.05, 0.1) is 13.2 Å². The molecule has 0 aromatic carbocycles. The van der Waals surface area contributed by atoms with Gasteiger partial charge in [-0.25, -0.2) is 0 Å². The van der Waals surface area contributed by atoms with Crippen molar-refractivity contribution in [1.82, 2.24) is 10.2 Å². The molecule has 0 unspecified atom stereocenters. The predicted molar refractivity (Wildman–Crippen MR) is 57.3 cm³/mol. The highest BCUT2D eigenvalue weighted by atomic mass is 16.3. The maximum absolute atomic E-state index is 10.4. The topological polar surface area (TPSA) is 98.8 Å². The van der Waals surface area contributed by atoms with Crippen LogP contribution in [0.2, 0.25) is 0 Å². The number of nitrogens with one attached hydrogen (secondary N) is 1. The molecule has 0 radical (unpaired) electrons. The summed E-state index contributed by atoms with van der Waals surface area (Å²) in [4.78, 5) is 12.3. The summed E-state index contributed by atoms with van der Waals surface area (Å²) < 4.78 is 0. The Balaban J connectivity index is 3.39. The van der Waals surface area contributed by atoms with Crippen LogP contribution in [0.5, 0.6) is 0 Å². The van der Waals surface area contributed by atoms with Crippen molar-refractivity contribution in [3.8, 4) is 0 Å². The SMILES string of the molecule is NC(=O)CCNCCN(CCO)CCO. The molecule has 0 aliphatic carbocycles. The van der Waals surface area contributed by atoms with Gasteiger partial charge < -0.3 is 21.3 Å². The minimum Gasteiger partial charge on any atom is -0.395 e. The Labute approximate surface area is 90.1 Å². The van der Waals surface area contributed by atoms with Crippen molar-refractivity contribution in [2.24, 2.45) is 5.73 Å². The van der Waals surface area contributed by atoms with E-state index in [1.165, 1.54) is 0 Å². The fourth-order valence-electron chi connectivity index (χ4n) is 1.19. The highest BCUT2D eigenvalue weighted by Gasteiger charge is 2.02. The molecule has 0 spiro atoms. The van der Waals surface area contributed by atoms with Crippen molar-refractivity contribution in [2.45, 2.75) is 6.42 Å². The summed E-state index contributed by atoms with van der Waals surface area (Å²) in [6, 6.07) is 0. The first-order chi connectivity index (χ1) is 7.20. The fourth-order valence-corrected chi connectivity index (χ4v) is 1.19. The number of carbonyl (C=O) groups is 1. The van der Waals surface area contributed by atoms with E-state index in [9.17, 15) is 4.79 Å². The van der Waals surface area contributed by atoms with Crippen LogP contribution in [-0.4, -0.2) is 67.0 Å². The Kier molecular flexibility index (Phi) is 9.40. The Bertz CT molecular complexity index is 161. The summed E-state index contributed by atoms with van der Waals surface area (Å²) >= 11 is 0. The van der Waals surface area contributed by atoms with E-state index in [1.54, 1.807) is 0 Å². The molecule has 5 N–H and O–H groups in total. The quantitative estimate of drug-likeness (QED) is 0.311. The first-order valence-corrected chi connectivity index (χ1v) is 5.13. The molecule has 6 heteroatoms. The average molecular weight is 219 g/mol. The van der Waals surface area contributed by atoms with Crippen LogP contribution in [0.3, 0.4) is 0 Å². The molecule has 0 fully saturated rings. The number of amides is 1. The molecule has 0 rings (SSSR count). The van der Waals surface area contributed by atoms with Gasteiger partial charge >= 0.3 is 0 Å². The van der Waals surface area contributed by atoms with Gasteiger partial charge in [-0.2, -0.15) is 0 Å². The molecule has 15 heavy (non-hydrogen) atoms. The third-order valence-corrected chi connectivity index (χ3v) is 1.99. The zero-order valence-electron chi connectivity index (χ0n) is 8.98. The van der Waals surface area contributed by atoms with Crippen LogP contribution in [0.25, 0.3) is 0 Å². The molecule has 6 nitrogen and oxygen atoms in total. The Hall–Kier alpha value is -0.690. The molecule has 0 heterocycles. The summed E-state index contributed by atoms with van der Waals surface area (Å²) in [7, 11) is 0. The minimum absolute atomic E-state index is 0.0846. The molecule has 0 aromatic heterocycles. The number of carbonyl (C=O) groups excluding carboxylic acids is 1. The van der Waals surface area contributed by atoms with Gasteiger partial charge in [-0.3, -0.25) is 9.69 Å². The fraction of sp³-hybridized carbons (Fsp3) is 0.889. The maximum Gasteiger partial charge on any atom is 0.218 e. The predicted octanol–water partition coefficient (Wildman–Crippen LogP) is -2.26. The highest BCUT2D eigenvalue weighted by molar-refractivity contribution is 5.73. The summed E-state index contributed by atoms with van der Waals surface area (Å²) in [6.45, 7) is 3.30. The van der Waals surface area contributed by atoms with Crippen molar-refractivity contribution in [3.63, 3.8) is 0 Å². The molecule has 90 valence electrons. The standard InChI is InChI=1S/C9H21N3O3/c10-9(15)1-2-11-3-4-12(5-7-13)6-8-14/h11,13-14H,1-8H2,(H2,10,15). The van der Waals surface area contributed by atoms with E-state index in [0.29, 0.717) is 32.6 Å². The molecule has 0 atom stereocenters. The van der Waals surface area contributed by atoms with E-state index in [4.69, 9.17) is 15.9 Å². The molecule has 0 saturated carbocycles. The van der Waals surface area contributed by atoms with Crippen molar-refractivity contribution in [2.75, 3.05) is 45.9 Å². The van der Waals surface area contributed by atoms with Crippen LogP contribution in [0.4, 0.5) is 0 Å². The van der Waals surface area contributed by atoms with Crippen molar-refractivity contribution < 1.29 is 15.0 Å². The highest BCUT2D eigenvalue weighted by Crippen LogP contribution is 1.85. The van der Waals surface area contributed by atoms with E-state index >= 15 is 0 Å². The number of aliphatic hydroxyl groups is 2. The minimum atomic E-state index is -0.315. The third-order valence-electron chi connectivity index (χ3n) is 1.99. The summed E-state index contributed by atoms with van der Waals surface area (Å²) in [5, 5.41) is 20.5. The van der Waals surface area contributed by atoms with Crippen LogP contribution < -0.4 is 11.1 Å². The zero-order chi connectivity index (χ0) is 11.5. The van der Waals surface area contributed by atoms with Gasteiger partial charge in [-0.15, -0.1) is 0 Å². The summed E-state index contributed by atoms with van der Waals surface area (Å²) in [5.74, 6) is -0.315. The number of hydrogen-bond acceptors (Lipinski definition) is 5. The lowest BCUT2D eigenvalue weighted by atomic mass is 10.4. The maximum atomic E-state index is 10.4. The second-order valence-corrected chi connectivity index (χ2v) is 3.26. The summed E-state index contributed by atoms with van der Waals surface area (Å²) in [6.07, 6.45) is 0.333. The number of nitrogens with two attached hydrogens (primary N) is 1. The van der Waals surface area contributed by atoms with Gasteiger partial charge in [-0.05, 0) is 0 Å². The largest absolute Gasteiger partial charge is 0.395 e. The zero-order valence-corrected chi connectivity index (χ0v) is 8.98. The summed E-state index contributed by atoms with van der Waals surface area (Å²) in [5.41, 5.74) is 4.97. The van der Waals surface area contributed by atoms with E-state index in [-0.39, 0.29) is 19.1 Å². The molecule has 0 aromatic rings. The first kappa shape index (κ1) is 14.3. The Morgan fingerprint density at radius 2 is 1.73 bits per heavy atom. The van der Waals surface area contributed by atoms with Crippen molar-refractivity contribution in [1.29, 1.82) is 0 Å². The van der Waals surface area contributed by atoms with Crippen LogP contribution in [-0.2, 0) is 4.79 Å². The second kappa shape index (κ2) is 9.85. The molecule has 0 aliphatic heterocycles. The molecule has 0 aliphatic rings. The lowest BCUT2D eigenvalue weighted by molar-refractivity contribution is -0.117. The molecule has 0 saturated heterocycles. The van der Waals surface area contributed by atoms with E-state index in [0.717, 1.165) is 6.54 Å². The number of rotatable bonds is 10. The molecule has 1 amide bonds. The van der Waals surface area contributed by atoms with Gasteiger partial charge in [0, 0.05) is 39.1 Å². The lowest BCUT2D eigenvalue weighted by Crippen LogP contribution is -2.36. The number of nitrogens with zero attached hydrogens (tertiary/aromatic N) is 1. The van der Waals surface area contributed by atoms with E-state index < -0.39 is 0 Å². The van der Waals surface area contributed by atoms with Crippen molar-refractivity contribution in [3.05, 3.63) is 0 Å². The lowest BCUT2D eigenvalue weighted by Gasteiger charge is -2.19. The normalized spacial score (nSPS) is 10.9. The second-order valence-electron chi connectivity index (χ2n) is 3.26. The first-order valence-electron chi connectivity index (χ1n) is 5.13. The van der Waals surface area contributed by atoms with Crippen LogP contribution in [0, 0.1) is 0 Å².